The molecule has 1 aliphatic rings. The van der Waals surface area contributed by atoms with E-state index in [0.29, 0.717) is 0 Å². The van der Waals surface area contributed by atoms with E-state index in [4.69, 9.17) is 5.50 Å². The van der Waals surface area contributed by atoms with Gasteiger partial charge in [0.15, 0.2) is 0 Å². The van der Waals surface area contributed by atoms with Crippen molar-refractivity contribution in [1.82, 2.24) is 0 Å². The van der Waals surface area contributed by atoms with Gasteiger partial charge in [-0.15, -0.1) is 0 Å². The fourth-order valence-electron chi connectivity index (χ4n) is 1.61. The van der Waals surface area contributed by atoms with Gasteiger partial charge < -0.3 is 5.50 Å². The molecule has 0 spiro atoms. The fourth-order valence-corrected chi connectivity index (χ4v) is 15.0. The van der Waals surface area contributed by atoms with Crippen molar-refractivity contribution in [3.63, 3.8) is 0 Å². The van der Waals surface area contributed by atoms with Crippen LogP contribution >= 0.6 is 8.07 Å². The lowest BCUT2D eigenvalue weighted by molar-refractivity contribution is 1.73. The molecule has 4 heteroatoms. The van der Waals surface area contributed by atoms with Crippen LogP contribution in [-0.4, -0.2) is 16.1 Å². The van der Waals surface area contributed by atoms with Crippen LogP contribution in [0.5, 0.6) is 0 Å². The van der Waals surface area contributed by atoms with E-state index in [1.165, 1.54) is 0 Å². The maximum Gasteiger partial charge on any atom is 0.0801 e. The van der Waals surface area contributed by atoms with Crippen LogP contribution in [0.15, 0.2) is 9.87 Å². The quantitative estimate of drug-likeness (QED) is 0.557. The average molecular weight is 217 g/mol. The van der Waals surface area contributed by atoms with E-state index in [2.05, 4.69) is 39.3 Å². The highest BCUT2D eigenvalue weighted by atomic mass is 31.1. The van der Waals surface area contributed by atoms with Crippen molar-refractivity contribution in [2.75, 3.05) is 0 Å². The summed E-state index contributed by atoms with van der Waals surface area (Å²) >= 11 is 0. The Labute approximate surface area is 79.3 Å². The summed E-state index contributed by atoms with van der Waals surface area (Å²) in [5.41, 5.74) is 6.14. The molecule has 0 amide bonds. The van der Waals surface area contributed by atoms with Crippen molar-refractivity contribution < 1.29 is 0 Å². The van der Waals surface area contributed by atoms with Crippen LogP contribution in [-0.2, 0) is 0 Å². The molecule has 0 saturated heterocycles. The molecular formula is C8H20NPSi2. The minimum atomic E-state index is -1.04. The number of hydrogen-bond donors (Lipinski definition) is 1. The maximum absolute atomic E-state index is 6.14. The smallest absolute Gasteiger partial charge is 0.0801 e. The lowest BCUT2D eigenvalue weighted by Crippen LogP contribution is -2.21. The Hall–Kier alpha value is 0.564. The second-order valence-electron chi connectivity index (χ2n) is 5.57. The second-order valence-corrected chi connectivity index (χ2v) is 18.0. The monoisotopic (exact) mass is 217 g/mol. The Morgan fingerprint density at radius 1 is 0.833 bits per heavy atom. The zero-order valence-corrected chi connectivity index (χ0v) is 11.9. The largest absolute Gasteiger partial charge is 0.304 e. The molecule has 0 aromatic carbocycles. The first-order valence-corrected chi connectivity index (χ1v) is 12.9. The molecule has 0 aliphatic carbocycles. The molecule has 12 heavy (non-hydrogen) atoms. The van der Waals surface area contributed by atoms with Crippen molar-refractivity contribution in [1.29, 1.82) is 0 Å². The lowest BCUT2D eigenvalue weighted by Gasteiger charge is -2.11. The first-order valence-electron chi connectivity index (χ1n) is 4.46. The highest BCUT2D eigenvalue weighted by Crippen LogP contribution is 2.69. The van der Waals surface area contributed by atoms with Gasteiger partial charge in [0.05, 0.1) is 16.1 Å². The average Bonchev–Trinajstić information content (AvgIpc) is 2.35. The van der Waals surface area contributed by atoms with Crippen LogP contribution in [0.4, 0.5) is 0 Å². The summed E-state index contributed by atoms with van der Waals surface area (Å²) in [6, 6.07) is 0. The Bertz CT molecular complexity index is 210. The molecule has 0 aromatic heterocycles. The number of rotatable bonds is 2. The molecule has 1 nitrogen and oxygen atoms in total. The van der Waals surface area contributed by atoms with Crippen molar-refractivity contribution in [3.05, 3.63) is 9.87 Å². The summed E-state index contributed by atoms with van der Waals surface area (Å²) in [5, 5.41) is 0. The van der Waals surface area contributed by atoms with Crippen LogP contribution in [0.25, 0.3) is 0 Å². The predicted octanol–water partition coefficient (Wildman–Crippen LogP) is 3.32. The van der Waals surface area contributed by atoms with E-state index < -0.39 is 16.1 Å². The van der Waals surface area contributed by atoms with Gasteiger partial charge in [0, 0.05) is 8.07 Å². The van der Waals surface area contributed by atoms with Crippen LogP contribution in [0, 0.1) is 0 Å². The van der Waals surface area contributed by atoms with Gasteiger partial charge in [-0.25, -0.2) is 0 Å². The third kappa shape index (κ3) is 1.90. The normalized spacial score (nSPS) is 20.2. The molecule has 0 fully saturated rings. The van der Waals surface area contributed by atoms with E-state index in [1.807, 2.05) is 0 Å². The summed E-state index contributed by atoms with van der Waals surface area (Å²) in [4.78, 5) is 3.47. The van der Waals surface area contributed by atoms with Crippen LogP contribution in [0.3, 0.4) is 0 Å². The predicted molar refractivity (Wildman–Crippen MR) is 64.8 cm³/mol. The molecule has 0 atom stereocenters. The molecule has 0 bridgehead atoms. The molecule has 1 aliphatic heterocycles. The Kier molecular flexibility index (Phi) is 2.46. The Morgan fingerprint density at radius 2 is 1.08 bits per heavy atom. The van der Waals surface area contributed by atoms with Crippen LogP contribution in [0.2, 0.25) is 39.3 Å². The summed E-state index contributed by atoms with van der Waals surface area (Å²) < 4.78 is 0. The van der Waals surface area contributed by atoms with Crippen molar-refractivity contribution in [2.45, 2.75) is 39.3 Å². The van der Waals surface area contributed by atoms with Gasteiger partial charge in [-0.05, 0) is 9.87 Å². The molecule has 70 valence electrons. The van der Waals surface area contributed by atoms with Gasteiger partial charge in [-0.3, -0.25) is 0 Å². The maximum atomic E-state index is 6.14. The summed E-state index contributed by atoms with van der Waals surface area (Å²) in [6.45, 7) is 14.5. The van der Waals surface area contributed by atoms with Gasteiger partial charge in [-0.1, -0.05) is 39.3 Å². The van der Waals surface area contributed by atoms with Crippen LogP contribution in [0.1, 0.15) is 0 Å². The van der Waals surface area contributed by atoms with Gasteiger partial charge >= 0.3 is 0 Å². The standard InChI is InChI=1S/C8H20NPSi2/c1-11(2,3)7-8(10(7)9)12(4,5)6/h9H2,1-6H3. The minimum absolute atomic E-state index is 0.217. The van der Waals surface area contributed by atoms with Crippen molar-refractivity contribution in [3.8, 4) is 0 Å². The van der Waals surface area contributed by atoms with Gasteiger partial charge in [0.2, 0.25) is 0 Å². The zero-order valence-electron chi connectivity index (χ0n) is 9.02. The minimum Gasteiger partial charge on any atom is -0.304 e. The van der Waals surface area contributed by atoms with Gasteiger partial charge in [0.1, 0.15) is 0 Å². The highest BCUT2D eigenvalue weighted by Gasteiger charge is 2.47. The van der Waals surface area contributed by atoms with E-state index in [1.54, 1.807) is 9.87 Å². The van der Waals surface area contributed by atoms with Crippen molar-refractivity contribution in [2.24, 2.45) is 5.50 Å². The molecule has 0 unspecified atom stereocenters. The molecule has 2 N–H and O–H groups in total. The summed E-state index contributed by atoms with van der Waals surface area (Å²) in [7, 11) is -2.30. The number of nitrogens with two attached hydrogens (primary N) is 1. The third-order valence-corrected chi connectivity index (χ3v) is 12.7. The molecule has 0 saturated carbocycles. The van der Waals surface area contributed by atoms with Gasteiger partial charge in [-0.2, -0.15) is 0 Å². The van der Waals surface area contributed by atoms with Gasteiger partial charge in [0.25, 0.3) is 0 Å². The molecule has 1 rings (SSSR count). The van der Waals surface area contributed by atoms with Crippen molar-refractivity contribution >= 4 is 24.2 Å². The zero-order chi connectivity index (χ0) is 9.73. The summed E-state index contributed by atoms with van der Waals surface area (Å²) in [5.74, 6) is 0. The first-order chi connectivity index (χ1) is 5.15. The van der Waals surface area contributed by atoms with E-state index in [0.717, 1.165) is 0 Å². The molecular weight excluding hydrogens is 197 g/mol. The van der Waals surface area contributed by atoms with E-state index in [9.17, 15) is 0 Å². The Morgan fingerprint density at radius 3 is 1.17 bits per heavy atom. The SMILES string of the molecule is C[Si](C)(C)C1=C([Si](C)(C)C)P1N. The van der Waals surface area contributed by atoms with E-state index >= 15 is 0 Å². The first kappa shape index (κ1) is 10.6. The highest BCUT2D eigenvalue weighted by molar-refractivity contribution is 7.80. The summed E-state index contributed by atoms with van der Waals surface area (Å²) in [6.07, 6.45) is 0. The Balaban J connectivity index is 2.90. The fraction of sp³-hybridized carbons (Fsp3) is 0.750. The molecule has 0 radical (unpaired) electrons. The topological polar surface area (TPSA) is 26.0 Å². The third-order valence-electron chi connectivity index (χ3n) is 2.08. The van der Waals surface area contributed by atoms with E-state index in [-0.39, 0.29) is 8.07 Å². The number of hydrogen-bond acceptors (Lipinski definition) is 1. The van der Waals surface area contributed by atoms with Crippen LogP contribution < -0.4 is 5.50 Å². The molecule has 1 heterocycles. The second kappa shape index (κ2) is 2.78. The lowest BCUT2D eigenvalue weighted by atomic mass is 11.2. The molecule has 0 aromatic rings.